The van der Waals surface area contributed by atoms with Crippen molar-refractivity contribution in [1.29, 1.82) is 0 Å². The Hall–Kier alpha value is -2.11. The van der Waals surface area contributed by atoms with Crippen molar-refractivity contribution in [3.05, 3.63) is 23.9 Å². The molecule has 1 N–H and O–H groups in total. The second kappa shape index (κ2) is 7.47. The standard InChI is InChI=1S/C14H20N2O4/c1-9(2)8-11(14(18)20-4)16-12-10(13(17)19-3)6-5-7-15-12/h5-7,9,11H,8H2,1-4H3,(H,15,16). The molecular formula is C14H20N2O4. The first-order valence-corrected chi connectivity index (χ1v) is 6.37. The number of methoxy groups -OCH3 is 2. The molecule has 1 atom stereocenters. The number of nitrogens with one attached hydrogen (secondary N) is 1. The van der Waals surface area contributed by atoms with Crippen molar-refractivity contribution < 1.29 is 19.1 Å². The maximum Gasteiger partial charge on any atom is 0.341 e. The Morgan fingerprint density at radius 3 is 2.55 bits per heavy atom. The number of rotatable bonds is 6. The quantitative estimate of drug-likeness (QED) is 0.801. The van der Waals surface area contributed by atoms with E-state index in [1.807, 2.05) is 13.8 Å². The molecule has 110 valence electrons. The zero-order valence-corrected chi connectivity index (χ0v) is 12.2. The summed E-state index contributed by atoms with van der Waals surface area (Å²) >= 11 is 0. The fraction of sp³-hybridized carbons (Fsp3) is 0.500. The number of pyridine rings is 1. The van der Waals surface area contributed by atoms with Crippen molar-refractivity contribution >= 4 is 17.8 Å². The summed E-state index contributed by atoms with van der Waals surface area (Å²) < 4.78 is 9.46. The Bertz CT molecular complexity index is 474. The molecule has 0 aromatic carbocycles. The van der Waals surface area contributed by atoms with Gasteiger partial charge in [-0.1, -0.05) is 13.8 Å². The van der Waals surface area contributed by atoms with E-state index < -0.39 is 12.0 Å². The third kappa shape index (κ3) is 4.22. The topological polar surface area (TPSA) is 77.5 Å². The summed E-state index contributed by atoms with van der Waals surface area (Å²) in [7, 11) is 2.63. The number of ether oxygens (including phenoxy) is 2. The normalized spacial score (nSPS) is 11.8. The molecule has 0 aliphatic rings. The lowest BCUT2D eigenvalue weighted by atomic mass is 10.0. The Labute approximate surface area is 118 Å². The van der Waals surface area contributed by atoms with Gasteiger partial charge < -0.3 is 14.8 Å². The maximum absolute atomic E-state index is 11.8. The number of hydrogen-bond acceptors (Lipinski definition) is 6. The molecule has 0 fully saturated rings. The van der Waals surface area contributed by atoms with Crippen LogP contribution in [0.15, 0.2) is 18.3 Å². The van der Waals surface area contributed by atoms with Crippen LogP contribution in [0.4, 0.5) is 5.82 Å². The molecule has 1 aromatic rings. The largest absolute Gasteiger partial charge is 0.467 e. The number of hydrogen-bond donors (Lipinski definition) is 1. The van der Waals surface area contributed by atoms with Crippen LogP contribution in [0.1, 0.15) is 30.6 Å². The predicted molar refractivity (Wildman–Crippen MR) is 74.5 cm³/mol. The van der Waals surface area contributed by atoms with E-state index in [4.69, 9.17) is 9.47 Å². The van der Waals surface area contributed by atoms with Crippen LogP contribution in [-0.2, 0) is 14.3 Å². The Kier molecular flexibility index (Phi) is 5.96. The molecule has 0 spiro atoms. The average Bonchev–Trinajstić information content (AvgIpc) is 2.45. The van der Waals surface area contributed by atoms with Gasteiger partial charge in [0, 0.05) is 6.20 Å². The van der Waals surface area contributed by atoms with Gasteiger partial charge in [0.25, 0.3) is 0 Å². The van der Waals surface area contributed by atoms with Crippen LogP contribution in [0.5, 0.6) is 0 Å². The van der Waals surface area contributed by atoms with Crippen LogP contribution in [-0.4, -0.2) is 37.2 Å². The first-order chi connectivity index (χ1) is 9.49. The maximum atomic E-state index is 11.8. The van der Waals surface area contributed by atoms with Gasteiger partial charge in [0.1, 0.15) is 17.4 Å². The number of carbonyl (C=O) groups excluding carboxylic acids is 2. The SMILES string of the molecule is COC(=O)c1cccnc1NC(CC(C)C)C(=O)OC. The van der Waals surface area contributed by atoms with Gasteiger partial charge >= 0.3 is 11.9 Å². The van der Waals surface area contributed by atoms with E-state index in [9.17, 15) is 9.59 Å². The number of anilines is 1. The fourth-order valence-electron chi connectivity index (χ4n) is 1.79. The summed E-state index contributed by atoms with van der Waals surface area (Å²) in [5.74, 6) is -0.291. The van der Waals surface area contributed by atoms with Crippen molar-refractivity contribution in [3.8, 4) is 0 Å². The van der Waals surface area contributed by atoms with Crippen LogP contribution >= 0.6 is 0 Å². The van der Waals surface area contributed by atoms with E-state index in [-0.39, 0.29) is 17.5 Å². The van der Waals surface area contributed by atoms with Gasteiger partial charge in [-0.05, 0) is 24.5 Å². The molecular weight excluding hydrogens is 260 g/mol. The second-order valence-corrected chi connectivity index (χ2v) is 4.74. The van der Waals surface area contributed by atoms with Crippen LogP contribution < -0.4 is 5.32 Å². The molecule has 0 saturated carbocycles. The van der Waals surface area contributed by atoms with Gasteiger partial charge in [0.05, 0.1) is 14.2 Å². The first-order valence-electron chi connectivity index (χ1n) is 6.37. The fourth-order valence-corrected chi connectivity index (χ4v) is 1.79. The summed E-state index contributed by atoms with van der Waals surface area (Å²) in [6.07, 6.45) is 2.11. The molecule has 1 aromatic heterocycles. The Morgan fingerprint density at radius 2 is 2.00 bits per heavy atom. The van der Waals surface area contributed by atoms with Crippen molar-refractivity contribution in [2.75, 3.05) is 19.5 Å². The van der Waals surface area contributed by atoms with Crippen molar-refractivity contribution in [3.63, 3.8) is 0 Å². The molecule has 0 amide bonds. The van der Waals surface area contributed by atoms with Crippen LogP contribution in [0.2, 0.25) is 0 Å². The Balaban J connectivity index is 2.98. The van der Waals surface area contributed by atoms with Gasteiger partial charge in [-0.2, -0.15) is 0 Å². The van der Waals surface area contributed by atoms with E-state index in [1.165, 1.54) is 14.2 Å². The van der Waals surface area contributed by atoms with E-state index in [0.29, 0.717) is 12.2 Å². The second-order valence-electron chi connectivity index (χ2n) is 4.74. The van der Waals surface area contributed by atoms with Crippen LogP contribution in [0.25, 0.3) is 0 Å². The van der Waals surface area contributed by atoms with Gasteiger partial charge in [-0.15, -0.1) is 0 Å². The highest BCUT2D eigenvalue weighted by molar-refractivity contribution is 5.95. The molecule has 20 heavy (non-hydrogen) atoms. The minimum atomic E-state index is -0.557. The summed E-state index contributed by atoms with van der Waals surface area (Å²) in [4.78, 5) is 27.5. The van der Waals surface area contributed by atoms with Crippen LogP contribution in [0.3, 0.4) is 0 Å². The number of esters is 2. The lowest BCUT2D eigenvalue weighted by Crippen LogP contribution is -2.33. The van der Waals surface area contributed by atoms with E-state index >= 15 is 0 Å². The van der Waals surface area contributed by atoms with Crippen LogP contribution in [0, 0.1) is 5.92 Å². The van der Waals surface area contributed by atoms with Gasteiger partial charge in [-0.3, -0.25) is 0 Å². The minimum Gasteiger partial charge on any atom is -0.467 e. The number of aromatic nitrogens is 1. The summed E-state index contributed by atoms with van der Waals surface area (Å²) in [6, 6.07) is 2.66. The summed E-state index contributed by atoms with van der Waals surface area (Å²) in [5, 5.41) is 2.96. The zero-order valence-electron chi connectivity index (χ0n) is 12.2. The highest BCUT2D eigenvalue weighted by Crippen LogP contribution is 2.17. The minimum absolute atomic E-state index is 0.285. The summed E-state index contributed by atoms with van der Waals surface area (Å²) in [6.45, 7) is 3.99. The van der Waals surface area contributed by atoms with Crippen molar-refractivity contribution in [1.82, 2.24) is 4.98 Å². The molecule has 1 rings (SSSR count). The van der Waals surface area contributed by atoms with E-state index in [1.54, 1.807) is 18.3 Å². The molecule has 0 radical (unpaired) electrons. The van der Waals surface area contributed by atoms with Crippen molar-refractivity contribution in [2.45, 2.75) is 26.3 Å². The molecule has 0 bridgehead atoms. The van der Waals surface area contributed by atoms with E-state index in [0.717, 1.165) is 0 Å². The number of nitrogens with zero attached hydrogens (tertiary/aromatic N) is 1. The summed E-state index contributed by atoms with van der Waals surface area (Å²) in [5.41, 5.74) is 0.285. The van der Waals surface area contributed by atoms with Gasteiger partial charge in [-0.25, -0.2) is 14.6 Å². The average molecular weight is 280 g/mol. The number of carbonyl (C=O) groups is 2. The molecule has 6 heteroatoms. The van der Waals surface area contributed by atoms with E-state index in [2.05, 4.69) is 10.3 Å². The van der Waals surface area contributed by atoms with Crippen molar-refractivity contribution in [2.24, 2.45) is 5.92 Å². The molecule has 1 unspecified atom stereocenters. The molecule has 0 saturated heterocycles. The zero-order chi connectivity index (χ0) is 15.1. The predicted octanol–water partition coefficient (Wildman–Crippen LogP) is 1.87. The molecule has 6 nitrogen and oxygen atoms in total. The monoisotopic (exact) mass is 280 g/mol. The lowest BCUT2D eigenvalue weighted by Gasteiger charge is -2.19. The highest BCUT2D eigenvalue weighted by atomic mass is 16.5. The first kappa shape index (κ1) is 15.9. The van der Waals surface area contributed by atoms with Gasteiger partial charge in [0.15, 0.2) is 0 Å². The Morgan fingerprint density at radius 1 is 1.30 bits per heavy atom. The third-order valence-electron chi connectivity index (χ3n) is 2.72. The smallest absolute Gasteiger partial charge is 0.341 e. The lowest BCUT2D eigenvalue weighted by molar-refractivity contribution is -0.141. The highest BCUT2D eigenvalue weighted by Gasteiger charge is 2.23. The molecule has 1 heterocycles. The third-order valence-corrected chi connectivity index (χ3v) is 2.72. The van der Waals surface area contributed by atoms with Gasteiger partial charge in [0.2, 0.25) is 0 Å². The molecule has 0 aliphatic carbocycles. The molecule has 0 aliphatic heterocycles.